The molecule has 3 N–H and O–H groups in total. The Hall–Kier alpha value is -3.40. The number of nitrogens with zero attached hydrogens (tertiary/aromatic N) is 1. The highest BCUT2D eigenvalue weighted by molar-refractivity contribution is 7.89. The molecule has 0 atom stereocenters. The van der Waals surface area contributed by atoms with E-state index in [2.05, 4.69) is 5.32 Å². The van der Waals surface area contributed by atoms with E-state index < -0.39 is 28.4 Å². The zero-order chi connectivity index (χ0) is 25.4. The second-order valence-electron chi connectivity index (χ2n) is 7.67. The number of ether oxygens (including phenoxy) is 1. The molecule has 0 unspecified atom stereocenters. The van der Waals surface area contributed by atoms with Crippen molar-refractivity contribution >= 4 is 39.1 Å². The van der Waals surface area contributed by atoms with E-state index in [4.69, 9.17) is 22.1 Å². The molecule has 8 nitrogen and oxygen atoms in total. The standard InChI is InChI=1S/C25H26ClN3O5S/c1-2-34-23-13-12-21(15-22(23)26)35(32,33)29(16-19-6-4-3-5-7-19)17-25(31)28-20-10-8-18(9-11-20)14-24(27)30/h3-13,15H,2,14,16-17H2,1H3,(H2,27,30)(H,28,31). The highest BCUT2D eigenvalue weighted by atomic mass is 35.5. The minimum atomic E-state index is -4.08. The maximum absolute atomic E-state index is 13.5. The van der Waals surface area contributed by atoms with Crippen molar-refractivity contribution in [2.45, 2.75) is 24.8 Å². The number of hydrogen-bond donors (Lipinski definition) is 2. The van der Waals surface area contributed by atoms with Crippen LogP contribution in [0.15, 0.2) is 77.7 Å². The Bertz CT molecular complexity index is 1280. The van der Waals surface area contributed by atoms with Crippen LogP contribution in [0, 0.1) is 0 Å². The van der Waals surface area contributed by atoms with Gasteiger partial charge in [0.15, 0.2) is 0 Å². The molecule has 0 aromatic heterocycles. The number of amides is 2. The first-order valence-corrected chi connectivity index (χ1v) is 12.6. The van der Waals surface area contributed by atoms with Crippen LogP contribution < -0.4 is 15.8 Å². The zero-order valence-electron chi connectivity index (χ0n) is 19.1. The molecule has 10 heteroatoms. The Balaban J connectivity index is 1.83. The lowest BCUT2D eigenvalue weighted by atomic mass is 10.1. The monoisotopic (exact) mass is 515 g/mol. The van der Waals surface area contributed by atoms with Crippen LogP contribution in [-0.4, -0.2) is 37.7 Å². The van der Waals surface area contributed by atoms with Crippen LogP contribution in [0.25, 0.3) is 0 Å². The van der Waals surface area contributed by atoms with E-state index in [1.165, 1.54) is 18.2 Å². The summed E-state index contributed by atoms with van der Waals surface area (Å²) in [5, 5.41) is 2.85. The van der Waals surface area contributed by atoms with Gasteiger partial charge in [-0.1, -0.05) is 54.1 Å². The summed E-state index contributed by atoms with van der Waals surface area (Å²) in [7, 11) is -4.08. The van der Waals surface area contributed by atoms with E-state index >= 15 is 0 Å². The van der Waals surface area contributed by atoms with Gasteiger partial charge in [0.2, 0.25) is 21.8 Å². The summed E-state index contributed by atoms with van der Waals surface area (Å²) in [4.78, 5) is 23.8. The molecule has 0 aliphatic heterocycles. The molecule has 0 bridgehead atoms. The van der Waals surface area contributed by atoms with E-state index in [-0.39, 0.29) is 22.9 Å². The average Bonchev–Trinajstić information content (AvgIpc) is 2.81. The quantitative estimate of drug-likeness (QED) is 0.404. The predicted molar refractivity (Wildman–Crippen MR) is 135 cm³/mol. The number of nitrogens with one attached hydrogen (secondary N) is 1. The highest BCUT2D eigenvalue weighted by Crippen LogP contribution is 2.29. The molecular formula is C25H26ClN3O5S. The van der Waals surface area contributed by atoms with Crippen molar-refractivity contribution in [1.82, 2.24) is 4.31 Å². The van der Waals surface area contributed by atoms with Gasteiger partial charge in [-0.25, -0.2) is 8.42 Å². The second-order valence-corrected chi connectivity index (χ2v) is 10.0. The summed E-state index contributed by atoms with van der Waals surface area (Å²) in [6.45, 7) is 1.74. The molecule has 0 fully saturated rings. The number of benzene rings is 3. The highest BCUT2D eigenvalue weighted by Gasteiger charge is 2.28. The second kappa shape index (κ2) is 11.8. The molecule has 0 spiro atoms. The minimum absolute atomic E-state index is 0.0149. The van der Waals surface area contributed by atoms with Gasteiger partial charge in [0.25, 0.3) is 0 Å². The van der Waals surface area contributed by atoms with Gasteiger partial charge in [-0.05, 0) is 48.4 Å². The molecular weight excluding hydrogens is 490 g/mol. The number of carbonyl (C=O) groups excluding carboxylic acids is 2. The first-order valence-electron chi connectivity index (χ1n) is 10.8. The van der Waals surface area contributed by atoms with Crippen LogP contribution in [0.3, 0.4) is 0 Å². The molecule has 2 amide bonds. The lowest BCUT2D eigenvalue weighted by molar-refractivity contribution is -0.117. The van der Waals surface area contributed by atoms with Crippen molar-refractivity contribution in [3.8, 4) is 5.75 Å². The van der Waals surface area contributed by atoms with Gasteiger partial charge >= 0.3 is 0 Å². The van der Waals surface area contributed by atoms with Crippen molar-refractivity contribution in [2.75, 3.05) is 18.5 Å². The van der Waals surface area contributed by atoms with E-state index in [9.17, 15) is 18.0 Å². The van der Waals surface area contributed by atoms with Gasteiger partial charge in [-0.2, -0.15) is 4.31 Å². The number of primary amides is 1. The SMILES string of the molecule is CCOc1ccc(S(=O)(=O)N(CC(=O)Nc2ccc(CC(N)=O)cc2)Cc2ccccc2)cc1Cl. The maximum Gasteiger partial charge on any atom is 0.243 e. The smallest absolute Gasteiger partial charge is 0.243 e. The fraction of sp³-hybridized carbons (Fsp3) is 0.200. The lowest BCUT2D eigenvalue weighted by Gasteiger charge is -2.22. The number of halogens is 1. The van der Waals surface area contributed by atoms with Gasteiger partial charge in [-0.3, -0.25) is 9.59 Å². The summed E-state index contributed by atoms with van der Waals surface area (Å²) in [5.74, 6) is -0.609. The topological polar surface area (TPSA) is 119 Å². The number of carbonyl (C=O) groups is 2. The van der Waals surface area contributed by atoms with Crippen LogP contribution >= 0.6 is 11.6 Å². The van der Waals surface area contributed by atoms with Gasteiger partial charge < -0.3 is 15.8 Å². The van der Waals surface area contributed by atoms with Crippen molar-refractivity contribution < 1.29 is 22.7 Å². The van der Waals surface area contributed by atoms with E-state index in [1.807, 2.05) is 6.07 Å². The predicted octanol–water partition coefficient (Wildman–Crippen LogP) is 3.60. The summed E-state index contributed by atoms with van der Waals surface area (Å²) >= 11 is 6.22. The molecule has 0 saturated heterocycles. The number of sulfonamides is 1. The number of hydrogen-bond acceptors (Lipinski definition) is 5. The molecule has 3 aromatic rings. The van der Waals surface area contributed by atoms with Gasteiger partial charge in [0, 0.05) is 12.2 Å². The minimum Gasteiger partial charge on any atom is -0.492 e. The Morgan fingerprint density at radius 3 is 2.29 bits per heavy atom. The first-order chi connectivity index (χ1) is 16.7. The third kappa shape index (κ3) is 7.29. The maximum atomic E-state index is 13.5. The summed E-state index contributed by atoms with van der Waals surface area (Å²) in [6.07, 6.45) is 0.0853. The Labute approximate surface area is 209 Å². The van der Waals surface area contributed by atoms with Crippen LogP contribution in [0.5, 0.6) is 5.75 Å². The first kappa shape index (κ1) is 26.2. The van der Waals surface area contributed by atoms with Crippen molar-refractivity contribution in [3.05, 3.63) is 88.9 Å². The fourth-order valence-electron chi connectivity index (χ4n) is 3.34. The zero-order valence-corrected chi connectivity index (χ0v) is 20.7. The van der Waals surface area contributed by atoms with Crippen LogP contribution in [0.4, 0.5) is 5.69 Å². The fourth-order valence-corrected chi connectivity index (χ4v) is 5.06. The summed E-state index contributed by atoms with van der Waals surface area (Å²) < 4.78 is 33.5. The Morgan fingerprint density at radius 2 is 1.69 bits per heavy atom. The molecule has 0 aliphatic rings. The molecule has 0 heterocycles. The summed E-state index contributed by atoms with van der Waals surface area (Å²) in [5.41, 5.74) is 7.08. The van der Waals surface area contributed by atoms with Crippen LogP contribution in [0.2, 0.25) is 5.02 Å². The number of rotatable bonds is 11. The third-order valence-electron chi connectivity index (χ3n) is 4.98. The number of anilines is 1. The molecule has 0 radical (unpaired) electrons. The molecule has 0 saturated carbocycles. The summed E-state index contributed by atoms with van der Waals surface area (Å²) in [6, 6.07) is 19.8. The van der Waals surface area contributed by atoms with E-state index in [0.29, 0.717) is 23.6 Å². The largest absolute Gasteiger partial charge is 0.492 e. The van der Waals surface area contributed by atoms with Crippen LogP contribution in [0.1, 0.15) is 18.1 Å². The Kier molecular flexibility index (Phi) is 8.86. The van der Waals surface area contributed by atoms with Crippen LogP contribution in [-0.2, 0) is 32.6 Å². The van der Waals surface area contributed by atoms with E-state index in [0.717, 1.165) is 9.87 Å². The van der Waals surface area contributed by atoms with Crippen molar-refractivity contribution in [2.24, 2.45) is 5.73 Å². The molecule has 35 heavy (non-hydrogen) atoms. The average molecular weight is 516 g/mol. The molecule has 3 aromatic carbocycles. The van der Waals surface area contributed by atoms with E-state index in [1.54, 1.807) is 55.5 Å². The van der Waals surface area contributed by atoms with Gasteiger partial charge in [0.05, 0.1) is 29.5 Å². The van der Waals surface area contributed by atoms with Crippen molar-refractivity contribution in [1.29, 1.82) is 0 Å². The van der Waals surface area contributed by atoms with Gasteiger partial charge in [-0.15, -0.1) is 0 Å². The number of nitrogens with two attached hydrogens (primary N) is 1. The third-order valence-corrected chi connectivity index (χ3v) is 7.06. The molecule has 184 valence electrons. The normalized spacial score (nSPS) is 11.3. The Morgan fingerprint density at radius 1 is 1.00 bits per heavy atom. The van der Waals surface area contributed by atoms with Gasteiger partial charge in [0.1, 0.15) is 5.75 Å². The molecule has 0 aliphatic carbocycles. The molecule has 3 rings (SSSR count). The van der Waals surface area contributed by atoms with Crippen molar-refractivity contribution in [3.63, 3.8) is 0 Å². The lowest BCUT2D eigenvalue weighted by Crippen LogP contribution is -2.37.